The predicted octanol–water partition coefficient (Wildman–Crippen LogP) is 3.94. The van der Waals surface area contributed by atoms with E-state index in [0.29, 0.717) is 12.1 Å². The Hall–Kier alpha value is -2.87. The van der Waals surface area contributed by atoms with Crippen molar-refractivity contribution in [2.45, 2.75) is 71.5 Å². The van der Waals surface area contributed by atoms with Crippen LogP contribution in [0.25, 0.3) is 0 Å². The maximum absolute atomic E-state index is 13.7. The molecule has 7 nitrogen and oxygen atoms in total. The number of anilines is 1. The normalized spacial score (nSPS) is 15.0. The highest BCUT2D eigenvalue weighted by atomic mass is 32.2. The van der Waals surface area contributed by atoms with Crippen LogP contribution in [0.4, 0.5) is 5.69 Å². The zero-order valence-corrected chi connectivity index (χ0v) is 22.0. The van der Waals surface area contributed by atoms with E-state index in [1.54, 1.807) is 6.07 Å². The van der Waals surface area contributed by atoms with Crippen molar-refractivity contribution in [3.63, 3.8) is 0 Å². The Morgan fingerprint density at radius 3 is 2.29 bits per heavy atom. The van der Waals surface area contributed by atoms with E-state index in [0.717, 1.165) is 52.9 Å². The van der Waals surface area contributed by atoms with Gasteiger partial charge in [-0.15, -0.1) is 0 Å². The van der Waals surface area contributed by atoms with Gasteiger partial charge in [0.05, 0.1) is 11.9 Å². The van der Waals surface area contributed by atoms with Gasteiger partial charge in [-0.25, -0.2) is 8.42 Å². The molecule has 190 valence electrons. The Morgan fingerprint density at radius 1 is 1.06 bits per heavy atom. The Balaban J connectivity index is 1.92. The molecule has 8 heteroatoms. The van der Waals surface area contributed by atoms with Crippen molar-refractivity contribution >= 4 is 27.5 Å². The van der Waals surface area contributed by atoms with Crippen molar-refractivity contribution in [1.82, 2.24) is 10.2 Å². The van der Waals surface area contributed by atoms with Crippen LogP contribution in [0.2, 0.25) is 0 Å². The van der Waals surface area contributed by atoms with Gasteiger partial charge in [-0.05, 0) is 50.3 Å². The third kappa shape index (κ3) is 7.07. The monoisotopic (exact) mass is 499 g/mol. The molecule has 1 atom stereocenters. The average molecular weight is 500 g/mol. The summed E-state index contributed by atoms with van der Waals surface area (Å²) in [6.07, 6.45) is 5.61. The van der Waals surface area contributed by atoms with Gasteiger partial charge in [0, 0.05) is 12.6 Å². The second-order valence-electron chi connectivity index (χ2n) is 9.48. The summed E-state index contributed by atoms with van der Waals surface area (Å²) in [5.41, 5.74) is 3.12. The van der Waals surface area contributed by atoms with Crippen LogP contribution in [0.1, 0.15) is 55.7 Å². The molecule has 3 rings (SSSR count). The highest BCUT2D eigenvalue weighted by Gasteiger charge is 2.33. The second-order valence-corrected chi connectivity index (χ2v) is 11.4. The van der Waals surface area contributed by atoms with Gasteiger partial charge in [0.1, 0.15) is 12.6 Å². The number of nitrogens with zero attached hydrogens (tertiary/aromatic N) is 2. The average Bonchev–Trinajstić information content (AvgIpc) is 3.30. The van der Waals surface area contributed by atoms with Crippen molar-refractivity contribution < 1.29 is 18.0 Å². The molecule has 1 aliphatic carbocycles. The quantitative estimate of drug-likeness (QED) is 0.537. The third-order valence-corrected chi connectivity index (χ3v) is 7.71. The van der Waals surface area contributed by atoms with E-state index in [1.165, 1.54) is 4.90 Å². The molecule has 0 aromatic heterocycles. The minimum absolute atomic E-state index is 0.132. The third-order valence-electron chi connectivity index (χ3n) is 6.58. The van der Waals surface area contributed by atoms with Crippen LogP contribution in [0.3, 0.4) is 0 Å². The van der Waals surface area contributed by atoms with Crippen molar-refractivity contribution in [2.24, 2.45) is 0 Å². The van der Waals surface area contributed by atoms with Crippen LogP contribution < -0.4 is 9.62 Å². The summed E-state index contributed by atoms with van der Waals surface area (Å²) in [6.45, 7) is 5.49. The molecule has 1 fully saturated rings. The molecule has 1 aliphatic rings. The fourth-order valence-electron chi connectivity index (χ4n) is 4.75. The SMILES string of the molecule is CC[C@@H](C(=O)NC1CCCC1)N(Cc1ccccc1)C(=O)CN(c1ccc(C)cc1C)S(C)(=O)=O. The molecular formula is C27H37N3O4S. The van der Waals surface area contributed by atoms with Gasteiger partial charge < -0.3 is 10.2 Å². The van der Waals surface area contributed by atoms with E-state index < -0.39 is 22.0 Å². The molecule has 0 heterocycles. The van der Waals surface area contributed by atoms with Crippen LogP contribution >= 0.6 is 0 Å². The number of hydrogen-bond acceptors (Lipinski definition) is 4. The zero-order chi connectivity index (χ0) is 25.6. The fourth-order valence-corrected chi connectivity index (χ4v) is 5.65. The van der Waals surface area contributed by atoms with Gasteiger partial charge in [0.15, 0.2) is 0 Å². The number of aryl methyl sites for hydroxylation is 2. The van der Waals surface area contributed by atoms with Crippen LogP contribution in [0.15, 0.2) is 48.5 Å². The van der Waals surface area contributed by atoms with E-state index in [2.05, 4.69) is 5.32 Å². The summed E-state index contributed by atoms with van der Waals surface area (Å²) >= 11 is 0. The van der Waals surface area contributed by atoms with Gasteiger partial charge in [0.25, 0.3) is 0 Å². The molecule has 2 aromatic rings. The summed E-state index contributed by atoms with van der Waals surface area (Å²) < 4.78 is 26.7. The lowest BCUT2D eigenvalue weighted by Crippen LogP contribution is -2.53. The minimum Gasteiger partial charge on any atom is -0.352 e. The number of benzene rings is 2. The lowest BCUT2D eigenvalue weighted by Gasteiger charge is -2.33. The highest BCUT2D eigenvalue weighted by Crippen LogP contribution is 2.25. The summed E-state index contributed by atoms with van der Waals surface area (Å²) in [4.78, 5) is 28.5. The standard InChI is InChI=1S/C27H37N3O4S/c1-5-24(27(32)28-23-13-9-10-14-23)29(18-22-11-7-6-8-12-22)26(31)19-30(35(4,33)34)25-16-15-20(2)17-21(25)3/h6-8,11-12,15-17,23-24H,5,9-10,13-14,18-19H2,1-4H3,(H,28,32)/t24-/m0/s1. The van der Waals surface area contributed by atoms with E-state index in [9.17, 15) is 18.0 Å². The molecule has 1 saturated carbocycles. The largest absolute Gasteiger partial charge is 0.352 e. The first-order valence-corrected chi connectivity index (χ1v) is 14.1. The van der Waals surface area contributed by atoms with Crippen LogP contribution in [0, 0.1) is 13.8 Å². The van der Waals surface area contributed by atoms with Gasteiger partial charge in [-0.2, -0.15) is 0 Å². The Labute approximate surface area is 209 Å². The molecule has 0 saturated heterocycles. The first-order valence-electron chi connectivity index (χ1n) is 12.3. The molecule has 0 aliphatic heterocycles. The molecule has 0 radical (unpaired) electrons. The Morgan fingerprint density at radius 2 is 1.71 bits per heavy atom. The number of carbonyl (C=O) groups excluding carboxylic acids is 2. The molecular weight excluding hydrogens is 462 g/mol. The van der Waals surface area contributed by atoms with Gasteiger partial charge in [0.2, 0.25) is 21.8 Å². The van der Waals surface area contributed by atoms with Crippen LogP contribution in [-0.4, -0.2) is 50.0 Å². The molecule has 0 unspecified atom stereocenters. The van der Waals surface area contributed by atoms with Gasteiger partial charge in [-0.1, -0.05) is 67.8 Å². The van der Waals surface area contributed by atoms with E-state index in [-0.39, 0.29) is 25.0 Å². The lowest BCUT2D eigenvalue weighted by molar-refractivity contribution is -0.140. The molecule has 35 heavy (non-hydrogen) atoms. The Bertz CT molecular complexity index is 1130. The molecule has 1 N–H and O–H groups in total. The maximum Gasteiger partial charge on any atom is 0.244 e. The van der Waals surface area contributed by atoms with E-state index >= 15 is 0 Å². The van der Waals surface area contributed by atoms with Crippen molar-refractivity contribution in [3.8, 4) is 0 Å². The van der Waals surface area contributed by atoms with Gasteiger partial charge in [-0.3, -0.25) is 13.9 Å². The number of rotatable bonds is 10. The maximum atomic E-state index is 13.7. The molecule has 2 aromatic carbocycles. The first-order chi connectivity index (χ1) is 16.6. The minimum atomic E-state index is -3.74. The second kappa shape index (κ2) is 11.7. The first kappa shape index (κ1) is 26.7. The molecule has 0 bridgehead atoms. The van der Waals surface area contributed by atoms with E-state index in [4.69, 9.17) is 0 Å². The Kier molecular flexibility index (Phi) is 8.94. The smallest absolute Gasteiger partial charge is 0.244 e. The van der Waals surface area contributed by atoms with E-state index in [1.807, 2.05) is 63.2 Å². The van der Waals surface area contributed by atoms with Crippen LogP contribution in [-0.2, 0) is 26.2 Å². The predicted molar refractivity (Wildman–Crippen MR) is 140 cm³/mol. The highest BCUT2D eigenvalue weighted by molar-refractivity contribution is 7.92. The number of amides is 2. The summed E-state index contributed by atoms with van der Waals surface area (Å²) in [5.74, 6) is -0.589. The van der Waals surface area contributed by atoms with Gasteiger partial charge >= 0.3 is 0 Å². The number of hydrogen-bond donors (Lipinski definition) is 1. The fraction of sp³-hybridized carbons (Fsp3) is 0.481. The zero-order valence-electron chi connectivity index (χ0n) is 21.2. The lowest BCUT2D eigenvalue weighted by atomic mass is 10.1. The molecule has 2 amide bonds. The van der Waals surface area contributed by atoms with Crippen LogP contribution in [0.5, 0.6) is 0 Å². The summed E-state index contributed by atoms with van der Waals surface area (Å²) in [5, 5.41) is 3.12. The van der Waals surface area contributed by atoms with Crippen molar-refractivity contribution in [3.05, 3.63) is 65.2 Å². The summed E-state index contributed by atoms with van der Waals surface area (Å²) in [6, 6.07) is 14.4. The number of sulfonamides is 1. The summed E-state index contributed by atoms with van der Waals surface area (Å²) in [7, 11) is -3.74. The van der Waals surface area contributed by atoms with Crippen molar-refractivity contribution in [2.75, 3.05) is 17.1 Å². The number of nitrogens with one attached hydrogen (secondary N) is 1. The van der Waals surface area contributed by atoms with Crippen molar-refractivity contribution in [1.29, 1.82) is 0 Å². The topological polar surface area (TPSA) is 86.8 Å². The number of carbonyl (C=O) groups is 2. The molecule has 0 spiro atoms.